The van der Waals surface area contributed by atoms with Gasteiger partial charge in [-0.3, -0.25) is 9.78 Å². The van der Waals surface area contributed by atoms with Crippen LogP contribution in [-0.4, -0.2) is 27.7 Å². The van der Waals surface area contributed by atoms with Crippen molar-refractivity contribution >= 4 is 34.6 Å². The first-order chi connectivity index (χ1) is 17.0. The summed E-state index contributed by atoms with van der Waals surface area (Å²) in [6.45, 7) is 1.47. The highest BCUT2D eigenvalue weighted by atomic mass is 32.1. The molecule has 0 saturated carbocycles. The van der Waals surface area contributed by atoms with E-state index in [9.17, 15) is 4.79 Å². The van der Waals surface area contributed by atoms with E-state index in [1.165, 1.54) is 6.92 Å². The van der Waals surface area contributed by atoms with Crippen LogP contribution < -0.4 is 20.3 Å². The second-order valence-electron chi connectivity index (χ2n) is 8.25. The number of hydrogen-bond acceptors (Lipinski definition) is 4. The Morgan fingerprint density at radius 3 is 2.57 bits per heavy atom. The standard InChI is InChI=1S/C27H25N5O2S/c1-18(33)29-23-16-21(11-12-24(23)34-2)32-26(25(30-27(32)35)22-10-6-7-14-28-22)19-13-15-31(17-19)20-8-4-3-5-9-20/h3-17,25-26H,1-2H3,(H,29,33)(H,30,35). The predicted octanol–water partition coefficient (Wildman–Crippen LogP) is 5.02. The van der Waals surface area contributed by atoms with Crippen molar-refractivity contribution in [2.45, 2.75) is 19.0 Å². The molecule has 1 aliphatic rings. The molecule has 2 unspecified atom stereocenters. The molecule has 2 aromatic heterocycles. The molecular weight excluding hydrogens is 458 g/mol. The average molecular weight is 484 g/mol. The zero-order valence-corrected chi connectivity index (χ0v) is 20.2. The second kappa shape index (κ2) is 9.60. The molecule has 0 bridgehead atoms. The minimum atomic E-state index is -0.176. The number of carbonyl (C=O) groups is 1. The number of nitrogens with zero attached hydrogens (tertiary/aromatic N) is 3. The molecule has 1 saturated heterocycles. The van der Waals surface area contributed by atoms with E-state index in [1.807, 2.05) is 54.6 Å². The Labute approximate surface area is 209 Å². The van der Waals surface area contributed by atoms with E-state index in [0.717, 1.165) is 22.6 Å². The van der Waals surface area contributed by atoms with Gasteiger partial charge in [0.2, 0.25) is 5.91 Å². The van der Waals surface area contributed by atoms with Crippen molar-refractivity contribution < 1.29 is 9.53 Å². The summed E-state index contributed by atoms with van der Waals surface area (Å²) in [6, 6.07) is 23.5. The molecule has 1 aliphatic heterocycles. The molecule has 8 heteroatoms. The van der Waals surface area contributed by atoms with Gasteiger partial charge in [0.15, 0.2) is 5.11 Å². The normalized spacial score (nSPS) is 17.2. The van der Waals surface area contributed by atoms with Crippen molar-refractivity contribution in [3.05, 3.63) is 103 Å². The Morgan fingerprint density at radius 2 is 1.86 bits per heavy atom. The van der Waals surface area contributed by atoms with Crippen molar-refractivity contribution in [2.24, 2.45) is 0 Å². The molecule has 2 N–H and O–H groups in total. The number of carbonyl (C=O) groups excluding carboxylic acids is 1. The van der Waals surface area contributed by atoms with Crippen LogP contribution in [-0.2, 0) is 4.79 Å². The van der Waals surface area contributed by atoms with Crippen LogP contribution in [0.25, 0.3) is 5.69 Å². The average Bonchev–Trinajstić information content (AvgIpc) is 3.49. The molecule has 2 aromatic carbocycles. The Balaban J connectivity index is 1.60. The third-order valence-corrected chi connectivity index (χ3v) is 6.30. The summed E-state index contributed by atoms with van der Waals surface area (Å²) in [5.74, 6) is 0.403. The number of amides is 1. The molecule has 176 valence electrons. The largest absolute Gasteiger partial charge is 0.495 e. The summed E-state index contributed by atoms with van der Waals surface area (Å²) in [6.07, 6.45) is 5.96. The van der Waals surface area contributed by atoms with Gasteiger partial charge in [-0.15, -0.1) is 0 Å². The molecule has 0 radical (unpaired) electrons. The van der Waals surface area contributed by atoms with Crippen LogP contribution in [0.5, 0.6) is 5.75 Å². The fourth-order valence-electron chi connectivity index (χ4n) is 4.45. The van der Waals surface area contributed by atoms with Crippen LogP contribution in [0.3, 0.4) is 0 Å². The van der Waals surface area contributed by atoms with Crippen molar-refractivity contribution in [1.82, 2.24) is 14.9 Å². The first-order valence-electron chi connectivity index (χ1n) is 11.2. The van der Waals surface area contributed by atoms with Gasteiger partial charge in [0.1, 0.15) is 5.75 Å². The minimum Gasteiger partial charge on any atom is -0.495 e. The predicted molar refractivity (Wildman–Crippen MR) is 141 cm³/mol. The quantitative estimate of drug-likeness (QED) is 0.376. The Morgan fingerprint density at radius 1 is 1.06 bits per heavy atom. The van der Waals surface area contributed by atoms with Gasteiger partial charge in [0, 0.05) is 36.9 Å². The maximum atomic E-state index is 11.8. The monoisotopic (exact) mass is 483 g/mol. The van der Waals surface area contributed by atoms with Crippen LogP contribution >= 0.6 is 12.2 Å². The molecule has 4 aromatic rings. The van der Waals surface area contributed by atoms with Gasteiger partial charge in [0.25, 0.3) is 0 Å². The summed E-state index contributed by atoms with van der Waals surface area (Å²) in [5, 5.41) is 6.91. The van der Waals surface area contributed by atoms with Crippen LogP contribution in [0.1, 0.15) is 30.3 Å². The van der Waals surface area contributed by atoms with Crippen LogP contribution in [0.4, 0.5) is 11.4 Å². The molecule has 7 nitrogen and oxygen atoms in total. The molecule has 0 aliphatic carbocycles. The molecule has 1 fully saturated rings. The molecule has 0 spiro atoms. The molecule has 1 amide bonds. The SMILES string of the molecule is COc1ccc(N2C(=S)NC(c3ccccn3)C2c2ccn(-c3ccccc3)c2)cc1NC(C)=O. The number of para-hydroxylation sites is 1. The number of anilines is 2. The molecular formula is C27H25N5O2S. The zero-order chi connectivity index (χ0) is 24.4. The summed E-state index contributed by atoms with van der Waals surface area (Å²) in [5.41, 5.74) is 4.47. The zero-order valence-electron chi connectivity index (χ0n) is 19.4. The van der Waals surface area contributed by atoms with E-state index in [1.54, 1.807) is 13.3 Å². The first-order valence-corrected chi connectivity index (χ1v) is 11.7. The van der Waals surface area contributed by atoms with Gasteiger partial charge in [-0.2, -0.15) is 0 Å². The summed E-state index contributed by atoms with van der Waals surface area (Å²) in [7, 11) is 1.58. The highest BCUT2D eigenvalue weighted by molar-refractivity contribution is 7.80. The lowest BCUT2D eigenvalue weighted by Crippen LogP contribution is -2.29. The number of aromatic nitrogens is 2. The summed E-state index contributed by atoms with van der Waals surface area (Å²) >= 11 is 5.83. The van der Waals surface area contributed by atoms with E-state index in [-0.39, 0.29) is 18.0 Å². The van der Waals surface area contributed by atoms with Gasteiger partial charge in [-0.1, -0.05) is 24.3 Å². The number of hydrogen-bond donors (Lipinski definition) is 2. The van der Waals surface area contributed by atoms with E-state index in [2.05, 4.69) is 55.7 Å². The van der Waals surface area contributed by atoms with Crippen molar-refractivity contribution in [3.63, 3.8) is 0 Å². The molecule has 2 atom stereocenters. The summed E-state index contributed by atoms with van der Waals surface area (Å²) in [4.78, 5) is 18.5. The van der Waals surface area contributed by atoms with Gasteiger partial charge >= 0.3 is 0 Å². The highest BCUT2D eigenvalue weighted by Crippen LogP contribution is 2.43. The van der Waals surface area contributed by atoms with Crippen LogP contribution in [0.15, 0.2) is 91.4 Å². The van der Waals surface area contributed by atoms with Crippen LogP contribution in [0.2, 0.25) is 0 Å². The van der Waals surface area contributed by atoms with E-state index < -0.39 is 0 Å². The number of pyridine rings is 1. The van der Waals surface area contributed by atoms with Gasteiger partial charge in [-0.05, 0) is 66.3 Å². The van der Waals surface area contributed by atoms with Crippen molar-refractivity contribution in [1.29, 1.82) is 0 Å². The third kappa shape index (κ3) is 4.48. The number of rotatable bonds is 6. The van der Waals surface area contributed by atoms with E-state index >= 15 is 0 Å². The number of nitrogens with one attached hydrogen (secondary N) is 2. The van der Waals surface area contributed by atoms with Gasteiger partial charge in [-0.25, -0.2) is 0 Å². The molecule has 3 heterocycles. The third-order valence-electron chi connectivity index (χ3n) is 5.98. The van der Waals surface area contributed by atoms with Gasteiger partial charge in [0.05, 0.1) is 30.6 Å². The maximum absolute atomic E-state index is 11.8. The van der Waals surface area contributed by atoms with Crippen LogP contribution in [0, 0.1) is 0 Å². The lowest BCUT2D eigenvalue weighted by Gasteiger charge is -2.28. The topological polar surface area (TPSA) is 71.4 Å². The number of benzene rings is 2. The lowest BCUT2D eigenvalue weighted by molar-refractivity contribution is -0.114. The van der Waals surface area contributed by atoms with Crippen molar-refractivity contribution in [3.8, 4) is 11.4 Å². The highest BCUT2D eigenvalue weighted by Gasteiger charge is 2.41. The number of methoxy groups -OCH3 is 1. The van der Waals surface area contributed by atoms with E-state index in [0.29, 0.717) is 16.5 Å². The minimum absolute atomic E-state index is 0.165. The second-order valence-corrected chi connectivity index (χ2v) is 8.64. The van der Waals surface area contributed by atoms with E-state index in [4.69, 9.17) is 17.0 Å². The Bertz CT molecular complexity index is 1360. The smallest absolute Gasteiger partial charge is 0.221 e. The van der Waals surface area contributed by atoms with Gasteiger partial charge < -0.3 is 24.8 Å². The Hall–Kier alpha value is -4.17. The fraction of sp³-hybridized carbons (Fsp3) is 0.148. The van der Waals surface area contributed by atoms with Crippen molar-refractivity contribution in [2.75, 3.05) is 17.3 Å². The Kier molecular flexibility index (Phi) is 6.20. The molecule has 5 rings (SSSR count). The number of ether oxygens (including phenoxy) is 1. The number of thiocarbonyl (C=S) groups is 1. The first kappa shape index (κ1) is 22.6. The summed E-state index contributed by atoms with van der Waals surface area (Å²) < 4.78 is 7.55. The maximum Gasteiger partial charge on any atom is 0.221 e. The fourth-order valence-corrected chi connectivity index (χ4v) is 4.80. The molecule has 35 heavy (non-hydrogen) atoms. The lowest BCUT2D eigenvalue weighted by atomic mass is 9.98.